The highest BCUT2D eigenvalue weighted by molar-refractivity contribution is 7.22. The van der Waals surface area contributed by atoms with Gasteiger partial charge in [-0.1, -0.05) is 23.5 Å². The number of nitrogens with one attached hydrogen (secondary N) is 1. The molecule has 4 saturated carbocycles. The Bertz CT molecular complexity index is 2030. The summed E-state index contributed by atoms with van der Waals surface area (Å²) in [7, 11) is 0. The first kappa shape index (κ1) is 27.8. The van der Waals surface area contributed by atoms with E-state index in [0.717, 1.165) is 56.5 Å². The summed E-state index contributed by atoms with van der Waals surface area (Å²) >= 11 is 1.58. The summed E-state index contributed by atoms with van der Waals surface area (Å²) < 4.78 is 16.5. The first-order chi connectivity index (χ1) is 22.4. The molecule has 1 N–H and O–H groups in total. The maximum absolute atomic E-state index is 13.4. The zero-order valence-electron chi connectivity index (χ0n) is 25.9. The van der Waals surface area contributed by atoms with Gasteiger partial charge in [-0.2, -0.15) is 14.7 Å². The minimum atomic E-state index is -0.463. The number of ether oxygens (including phenoxy) is 1. The van der Waals surface area contributed by atoms with Crippen molar-refractivity contribution in [3.63, 3.8) is 0 Å². The fraction of sp³-hybridized carbons (Fsp3) is 0.400. The number of rotatable bonds is 8. The number of para-hydroxylation sites is 1. The molecule has 11 heteroatoms. The minimum absolute atomic E-state index is 0.250. The molecule has 0 amide bonds. The molecule has 234 valence electrons. The van der Waals surface area contributed by atoms with E-state index in [0.29, 0.717) is 33.9 Å². The van der Waals surface area contributed by atoms with Crippen molar-refractivity contribution in [2.75, 3.05) is 11.9 Å². The van der Waals surface area contributed by atoms with E-state index in [2.05, 4.69) is 33.0 Å². The molecule has 10 rings (SSSR count). The zero-order valence-corrected chi connectivity index (χ0v) is 26.7. The first-order valence-corrected chi connectivity index (χ1v) is 17.1. The Morgan fingerprint density at radius 1 is 1.09 bits per heavy atom. The predicted octanol–water partition coefficient (Wildman–Crippen LogP) is 7.91. The molecule has 4 aliphatic carbocycles. The molecular weight excluding hydrogens is 598 g/mol. The van der Waals surface area contributed by atoms with Crippen molar-refractivity contribution in [1.82, 2.24) is 29.4 Å². The lowest BCUT2D eigenvalue weighted by Crippen LogP contribution is -2.48. The molecule has 0 spiro atoms. The number of hydrogen-bond donors (Lipinski definition) is 1. The van der Waals surface area contributed by atoms with Gasteiger partial charge >= 0.3 is 5.97 Å². The van der Waals surface area contributed by atoms with E-state index in [1.807, 2.05) is 36.5 Å². The summed E-state index contributed by atoms with van der Waals surface area (Å²) in [5, 5.41) is 13.9. The Kier molecular flexibility index (Phi) is 6.35. The number of nitrogens with zero attached hydrogens (tertiary/aromatic N) is 6. The number of carbonyl (C=O) groups excluding carboxylic acids is 1. The van der Waals surface area contributed by atoms with Crippen LogP contribution in [0.2, 0.25) is 0 Å². The van der Waals surface area contributed by atoms with E-state index in [-0.39, 0.29) is 6.61 Å². The number of carbonyl (C=O) groups is 1. The highest BCUT2D eigenvalue weighted by Gasteiger charge is 2.51. The quantitative estimate of drug-likeness (QED) is 0.168. The predicted molar refractivity (Wildman–Crippen MR) is 176 cm³/mol. The standard InChI is InChI=1S/C35H35N7O3S/c1-3-44-33(43)30-31(25-17-37-41(20(25)2)19-35-13-21-10-22(14-35)12-23(11-21)15-35)40-42-27(18-45-32(30)42)24-8-9-29(36-16-24)39-34-38-26-6-4-5-7-28(26)46-34/h4-9,16-18,21-23H,3,10-15,19H2,1-2H3,(H,36,38,39). The number of hydrogen-bond acceptors (Lipinski definition) is 9. The molecule has 46 heavy (non-hydrogen) atoms. The van der Waals surface area contributed by atoms with Crippen molar-refractivity contribution >= 4 is 44.2 Å². The van der Waals surface area contributed by atoms with Gasteiger partial charge in [0.1, 0.15) is 23.5 Å². The van der Waals surface area contributed by atoms with Crippen LogP contribution in [0.15, 0.2) is 59.5 Å². The summed E-state index contributed by atoms with van der Waals surface area (Å²) in [6.07, 6.45) is 13.4. The monoisotopic (exact) mass is 633 g/mol. The van der Waals surface area contributed by atoms with Gasteiger partial charge in [-0.3, -0.25) is 4.68 Å². The van der Waals surface area contributed by atoms with Crippen molar-refractivity contribution in [3.8, 4) is 22.5 Å². The van der Waals surface area contributed by atoms with Gasteiger partial charge in [0.15, 0.2) is 10.7 Å². The van der Waals surface area contributed by atoms with E-state index in [1.54, 1.807) is 35.2 Å². The second-order valence-electron chi connectivity index (χ2n) is 13.5. The lowest BCUT2D eigenvalue weighted by Gasteiger charge is -2.56. The number of esters is 1. The lowest BCUT2D eigenvalue weighted by molar-refractivity contribution is -0.0638. The number of thiazole rings is 1. The number of oxazole rings is 1. The van der Waals surface area contributed by atoms with Crippen molar-refractivity contribution in [2.45, 2.75) is 58.9 Å². The maximum atomic E-state index is 13.4. The summed E-state index contributed by atoms with van der Waals surface area (Å²) in [6, 6.07) is 11.9. The zero-order chi connectivity index (χ0) is 31.0. The molecule has 5 heterocycles. The van der Waals surface area contributed by atoms with Gasteiger partial charge in [0.2, 0.25) is 5.71 Å². The molecule has 0 atom stereocenters. The third-order valence-corrected chi connectivity index (χ3v) is 11.4. The van der Waals surface area contributed by atoms with Gasteiger partial charge < -0.3 is 14.5 Å². The topological polar surface area (TPSA) is 112 Å². The van der Waals surface area contributed by atoms with Gasteiger partial charge in [0.25, 0.3) is 0 Å². The Hall–Kier alpha value is -4.51. The second-order valence-corrected chi connectivity index (χ2v) is 14.6. The Morgan fingerprint density at radius 2 is 1.87 bits per heavy atom. The highest BCUT2D eigenvalue weighted by Crippen LogP contribution is 2.60. The van der Waals surface area contributed by atoms with Crippen LogP contribution in [0, 0.1) is 30.1 Å². The van der Waals surface area contributed by atoms with Crippen LogP contribution >= 0.6 is 11.3 Å². The second kappa shape index (κ2) is 10.5. The van der Waals surface area contributed by atoms with Crippen LogP contribution in [-0.2, 0) is 11.3 Å². The summed E-state index contributed by atoms with van der Waals surface area (Å²) in [4.78, 5) is 22.6. The van der Waals surface area contributed by atoms with Crippen LogP contribution in [0.1, 0.15) is 61.5 Å². The van der Waals surface area contributed by atoms with Crippen LogP contribution in [0.4, 0.5) is 10.9 Å². The SMILES string of the molecule is CCOC(=O)c1c(-c2cnn(CC34CC5CC(CC(C5)C3)C4)c2C)nn2c(-c3ccc(Nc4nc5ccccc5s4)nc3)coc12. The van der Waals surface area contributed by atoms with Crippen LogP contribution in [0.5, 0.6) is 0 Å². The smallest absolute Gasteiger partial charge is 0.346 e. The number of anilines is 2. The summed E-state index contributed by atoms with van der Waals surface area (Å²) in [5.74, 6) is 2.85. The fourth-order valence-electron chi connectivity index (χ4n) is 8.90. The van der Waals surface area contributed by atoms with E-state index in [1.165, 1.54) is 38.5 Å². The summed E-state index contributed by atoms with van der Waals surface area (Å²) in [5.41, 5.74) is 5.78. The molecule has 0 radical (unpaired) electrons. The van der Waals surface area contributed by atoms with Crippen molar-refractivity contribution in [1.29, 1.82) is 0 Å². The molecule has 10 nitrogen and oxygen atoms in total. The van der Waals surface area contributed by atoms with Crippen molar-refractivity contribution in [3.05, 3.63) is 66.3 Å². The van der Waals surface area contributed by atoms with Crippen molar-refractivity contribution in [2.24, 2.45) is 23.2 Å². The molecule has 4 aliphatic rings. The third-order valence-electron chi connectivity index (χ3n) is 10.4. The first-order valence-electron chi connectivity index (χ1n) is 16.2. The van der Waals surface area contributed by atoms with Crippen LogP contribution in [-0.4, -0.2) is 41.9 Å². The molecule has 4 bridgehead atoms. The van der Waals surface area contributed by atoms with Crippen LogP contribution in [0.3, 0.4) is 0 Å². The van der Waals surface area contributed by atoms with Crippen LogP contribution < -0.4 is 5.32 Å². The lowest BCUT2D eigenvalue weighted by atomic mass is 9.49. The molecule has 0 saturated heterocycles. The Labute approximate surface area is 269 Å². The largest absolute Gasteiger partial charge is 0.462 e. The molecule has 5 aromatic heterocycles. The van der Waals surface area contributed by atoms with Crippen molar-refractivity contribution < 1.29 is 13.9 Å². The van der Waals surface area contributed by atoms with Gasteiger partial charge in [0, 0.05) is 29.6 Å². The number of aromatic nitrogens is 6. The van der Waals surface area contributed by atoms with E-state index in [9.17, 15) is 4.79 Å². The van der Waals surface area contributed by atoms with Gasteiger partial charge in [0.05, 0.1) is 23.0 Å². The number of fused-ring (bicyclic) bond motifs is 2. The van der Waals surface area contributed by atoms with E-state index in [4.69, 9.17) is 19.4 Å². The van der Waals surface area contributed by atoms with Gasteiger partial charge in [-0.15, -0.1) is 0 Å². The Balaban J connectivity index is 1.04. The fourth-order valence-corrected chi connectivity index (χ4v) is 9.77. The van der Waals surface area contributed by atoms with Gasteiger partial charge in [-0.05, 0) is 99.8 Å². The maximum Gasteiger partial charge on any atom is 0.346 e. The van der Waals surface area contributed by atoms with Crippen LogP contribution in [0.25, 0.3) is 38.4 Å². The van der Waals surface area contributed by atoms with Gasteiger partial charge in [-0.25, -0.2) is 14.8 Å². The minimum Gasteiger partial charge on any atom is -0.462 e. The summed E-state index contributed by atoms with van der Waals surface area (Å²) in [6.45, 7) is 5.06. The molecule has 4 fully saturated rings. The molecular formula is C35H35N7O3S. The normalized spacial score (nSPS) is 23.5. The third kappa shape index (κ3) is 4.54. The van der Waals surface area contributed by atoms with E-state index >= 15 is 0 Å². The number of benzene rings is 1. The molecule has 0 unspecified atom stereocenters. The molecule has 6 aromatic rings. The highest BCUT2D eigenvalue weighted by atomic mass is 32.1. The Morgan fingerprint density at radius 3 is 2.59 bits per heavy atom. The molecule has 1 aromatic carbocycles. The van der Waals surface area contributed by atoms with E-state index < -0.39 is 5.97 Å². The average molecular weight is 634 g/mol. The number of pyridine rings is 1. The molecule has 0 aliphatic heterocycles. The average Bonchev–Trinajstić information content (AvgIpc) is 3.80.